The molecule has 0 aromatic heterocycles. The van der Waals surface area contributed by atoms with Crippen LogP contribution in [0.3, 0.4) is 0 Å². The fourth-order valence-corrected chi connectivity index (χ4v) is 2.32. The Hall–Kier alpha value is -2.29. The van der Waals surface area contributed by atoms with Crippen LogP contribution in [0.2, 0.25) is 0 Å². The van der Waals surface area contributed by atoms with Crippen LogP contribution >= 0.6 is 0 Å². The first kappa shape index (κ1) is 11.8. The first-order valence-electron chi connectivity index (χ1n) is 6.40. The molecule has 1 aliphatic rings. The summed E-state index contributed by atoms with van der Waals surface area (Å²) in [5.74, 6) is 1.88. The normalized spacial score (nSPS) is 14.4. The minimum atomic E-state index is 0.835. The molecule has 0 atom stereocenters. The zero-order chi connectivity index (χ0) is 13.1. The molecule has 0 radical (unpaired) electrons. The molecule has 0 bridgehead atoms. The van der Waals surface area contributed by atoms with Gasteiger partial charge in [0.25, 0.3) is 0 Å². The maximum atomic E-state index is 5.28. The lowest BCUT2D eigenvalue weighted by Gasteiger charge is -2.20. The number of aliphatic imine (C=N–C) groups is 1. The van der Waals surface area contributed by atoms with E-state index in [9.17, 15) is 0 Å². The Bertz CT molecular complexity index is 593. The summed E-state index contributed by atoms with van der Waals surface area (Å²) in [5, 5.41) is 0. The van der Waals surface area contributed by atoms with E-state index in [0.29, 0.717) is 0 Å². The fourth-order valence-electron chi connectivity index (χ4n) is 2.32. The first-order valence-corrected chi connectivity index (χ1v) is 6.40. The molecule has 0 aliphatic carbocycles. The Balaban J connectivity index is 1.95. The molecule has 0 spiro atoms. The molecule has 19 heavy (non-hydrogen) atoms. The van der Waals surface area contributed by atoms with E-state index in [1.165, 1.54) is 5.69 Å². The van der Waals surface area contributed by atoms with Crippen LogP contribution < -0.4 is 9.64 Å². The molecular formula is C16H16N2O. The third-order valence-electron chi connectivity index (χ3n) is 3.24. The lowest BCUT2D eigenvalue weighted by atomic mass is 10.1. The monoisotopic (exact) mass is 252 g/mol. The summed E-state index contributed by atoms with van der Waals surface area (Å²) in [6, 6.07) is 18.4. The van der Waals surface area contributed by atoms with Crippen molar-refractivity contribution in [2.24, 2.45) is 4.99 Å². The quantitative estimate of drug-likeness (QED) is 0.839. The average molecular weight is 252 g/mol. The van der Waals surface area contributed by atoms with Crippen LogP contribution in [0.5, 0.6) is 5.75 Å². The number of hydrogen-bond donors (Lipinski definition) is 0. The van der Waals surface area contributed by atoms with Crippen molar-refractivity contribution < 1.29 is 4.74 Å². The zero-order valence-corrected chi connectivity index (χ0v) is 10.9. The molecule has 0 N–H and O–H groups in total. The molecule has 1 heterocycles. The fraction of sp³-hybridized carbons (Fsp3) is 0.188. The number of rotatable bonds is 3. The number of ether oxygens (including phenoxy) is 1. The Morgan fingerprint density at radius 2 is 1.89 bits per heavy atom. The Labute approximate surface area is 113 Å². The minimum absolute atomic E-state index is 0.835. The first-order chi connectivity index (χ1) is 9.38. The number of methoxy groups -OCH3 is 1. The molecule has 3 rings (SSSR count). The van der Waals surface area contributed by atoms with Crippen molar-refractivity contribution in [2.45, 2.75) is 0 Å². The summed E-state index contributed by atoms with van der Waals surface area (Å²) >= 11 is 0. The van der Waals surface area contributed by atoms with Gasteiger partial charge in [-0.05, 0) is 24.3 Å². The molecule has 0 saturated carbocycles. The van der Waals surface area contributed by atoms with Gasteiger partial charge in [-0.2, -0.15) is 0 Å². The van der Waals surface area contributed by atoms with E-state index in [0.717, 1.165) is 30.2 Å². The Morgan fingerprint density at radius 1 is 1.05 bits per heavy atom. The summed E-state index contributed by atoms with van der Waals surface area (Å²) in [6.07, 6.45) is 0. The molecular weight excluding hydrogens is 236 g/mol. The van der Waals surface area contributed by atoms with Crippen LogP contribution in [0, 0.1) is 0 Å². The lowest BCUT2D eigenvalue weighted by Crippen LogP contribution is -2.27. The van der Waals surface area contributed by atoms with Gasteiger partial charge in [0.05, 0.1) is 13.7 Å². The summed E-state index contributed by atoms with van der Waals surface area (Å²) in [4.78, 5) is 6.87. The van der Waals surface area contributed by atoms with E-state index in [1.54, 1.807) is 7.11 Å². The molecule has 2 aromatic carbocycles. The van der Waals surface area contributed by atoms with Gasteiger partial charge in [0.1, 0.15) is 11.6 Å². The zero-order valence-electron chi connectivity index (χ0n) is 10.9. The second kappa shape index (κ2) is 5.14. The Morgan fingerprint density at radius 3 is 2.68 bits per heavy atom. The van der Waals surface area contributed by atoms with E-state index in [2.05, 4.69) is 40.2 Å². The number of amidine groups is 1. The minimum Gasteiger partial charge on any atom is -0.497 e. The van der Waals surface area contributed by atoms with Gasteiger partial charge >= 0.3 is 0 Å². The van der Waals surface area contributed by atoms with Gasteiger partial charge in [0.2, 0.25) is 0 Å². The van der Waals surface area contributed by atoms with Gasteiger partial charge in [-0.1, -0.05) is 30.3 Å². The Kier molecular flexibility index (Phi) is 3.19. The smallest absolute Gasteiger partial charge is 0.135 e. The van der Waals surface area contributed by atoms with Crippen molar-refractivity contribution >= 4 is 11.5 Å². The van der Waals surface area contributed by atoms with Crippen molar-refractivity contribution in [3.63, 3.8) is 0 Å². The maximum absolute atomic E-state index is 5.28. The highest BCUT2D eigenvalue weighted by molar-refractivity contribution is 6.11. The molecule has 0 fully saturated rings. The summed E-state index contributed by atoms with van der Waals surface area (Å²) in [7, 11) is 1.69. The summed E-state index contributed by atoms with van der Waals surface area (Å²) < 4.78 is 5.28. The summed E-state index contributed by atoms with van der Waals surface area (Å²) in [5.41, 5.74) is 2.28. The van der Waals surface area contributed by atoms with Crippen LogP contribution in [0.1, 0.15) is 5.56 Å². The van der Waals surface area contributed by atoms with Crippen molar-refractivity contribution in [1.82, 2.24) is 0 Å². The second-order valence-electron chi connectivity index (χ2n) is 4.42. The molecule has 96 valence electrons. The van der Waals surface area contributed by atoms with Gasteiger partial charge in [-0.15, -0.1) is 0 Å². The highest BCUT2D eigenvalue weighted by Gasteiger charge is 2.20. The van der Waals surface area contributed by atoms with E-state index in [1.807, 2.05) is 24.3 Å². The van der Waals surface area contributed by atoms with Crippen LogP contribution in [0.4, 0.5) is 5.69 Å². The van der Waals surface area contributed by atoms with E-state index in [4.69, 9.17) is 4.74 Å². The topological polar surface area (TPSA) is 24.8 Å². The lowest BCUT2D eigenvalue weighted by molar-refractivity contribution is 0.414. The number of nitrogens with zero attached hydrogens (tertiary/aromatic N) is 2. The van der Waals surface area contributed by atoms with Crippen molar-refractivity contribution in [1.29, 1.82) is 0 Å². The second-order valence-corrected chi connectivity index (χ2v) is 4.42. The molecule has 3 nitrogen and oxygen atoms in total. The molecule has 3 heteroatoms. The SMILES string of the molecule is COc1cccc(C2=NCCN2c2ccccc2)c1. The van der Waals surface area contributed by atoms with Gasteiger partial charge < -0.3 is 9.64 Å². The van der Waals surface area contributed by atoms with Gasteiger partial charge in [-0.3, -0.25) is 4.99 Å². The number of hydrogen-bond acceptors (Lipinski definition) is 3. The van der Waals surface area contributed by atoms with Crippen LogP contribution in [0.15, 0.2) is 59.6 Å². The number of benzene rings is 2. The third kappa shape index (κ3) is 2.32. The van der Waals surface area contributed by atoms with Gasteiger partial charge in [0.15, 0.2) is 0 Å². The predicted molar refractivity (Wildman–Crippen MR) is 78.2 cm³/mol. The molecule has 2 aromatic rings. The van der Waals surface area contributed by atoms with Gasteiger partial charge in [0, 0.05) is 17.8 Å². The summed E-state index contributed by atoms with van der Waals surface area (Å²) in [6.45, 7) is 1.76. The number of para-hydroxylation sites is 1. The molecule has 0 amide bonds. The average Bonchev–Trinajstić information content (AvgIpc) is 2.98. The molecule has 0 unspecified atom stereocenters. The third-order valence-corrected chi connectivity index (χ3v) is 3.24. The number of anilines is 1. The van der Waals surface area contributed by atoms with Crippen LogP contribution in [-0.2, 0) is 0 Å². The van der Waals surface area contributed by atoms with Crippen molar-refractivity contribution in [3.05, 3.63) is 60.2 Å². The van der Waals surface area contributed by atoms with E-state index < -0.39 is 0 Å². The highest BCUT2D eigenvalue weighted by atomic mass is 16.5. The van der Waals surface area contributed by atoms with Crippen LogP contribution in [0.25, 0.3) is 0 Å². The highest BCUT2D eigenvalue weighted by Crippen LogP contribution is 2.22. The van der Waals surface area contributed by atoms with Crippen molar-refractivity contribution in [2.75, 3.05) is 25.1 Å². The van der Waals surface area contributed by atoms with E-state index >= 15 is 0 Å². The van der Waals surface area contributed by atoms with E-state index in [-0.39, 0.29) is 0 Å². The van der Waals surface area contributed by atoms with Crippen molar-refractivity contribution in [3.8, 4) is 5.75 Å². The standard InChI is InChI=1S/C16H16N2O/c1-19-15-9-5-6-13(12-15)16-17-10-11-18(16)14-7-3-2-4-8-14/h2-9,12H,10-11H2,1H3. The van der Waals surface area contributed by atoms with Gasteiger partial charge in [-0.25, -0.2) is 0 Å². The predicted octanol–water partition coefficient (Wildman–Crippen LogP) is 2.96. The maximum Gasteiger partial charge on any atom is 0.135 e. The largest absolute Gasteiger partial charge is 0.497 e. The molecule has 0 saturated heterocycles. The van der Waals surface area contributed by atoms with Crippen LogP contribution in [-0.4, -0.2) is 26.0 Å². The molecule has 1 aliphatic heterocycles.